The second kappa shape index (κ2) is 7.30. The molecule has 0 aromatic heterocycles. The van der Waals surface area contributed by atoms with Gasteiger partial charge in [0.1, 0.15) is 0 Å². The van der Waals surface area contributed by atoms with Crippen LogP contribution in [0.3, 0.4) is 0 Å². The van der Waals surface area contributed by atoms with Gasteiger partial charge in [-0.15, -0.1) is 11.8 Å². The van der Waals surface area contributed by atoms with Crippen molar-refractivity contribution in [1.82, 2.24) is 5.32 Å². The number of hydrogen-bond donors (Lipinski definition) is 1. The first kappa shape index (κ1) is 14.9. The minimum Gasteiger partial charge on any atom is -0.316 e. The Morgan fingerprint density at radius 1 is 1.24 bits per heavy atom. The van der Waals surface area contributed by atoms with E-state index in [0.29, 0.717) is 5.41 Å². The number of benzene rings is 1. The van der Waals surface area contributed by atoms with Crippen molar-refractivity contribution in [3.63, 3.8) is 0 Å². The zero-order chi connectivity index (χ0) is 12.7. The monoisotopic (exact) mass is 271 g/mol. The van der Waals surface area contributed by atoms with Crippen molar-refractivity contribution in [2.45, 2.75) is 32.1 Å². The summed E-state index contributed by atoms with van der Waals surface area (Å²) in [6, 6.07) is 8.03. The van der Waals surface area contributed by atoms with Gasteiger partial charge < -0.3 is 5.32 Å². The van der Waals surface area contributed by atoms with E-state index in [-0.39, 0.29) is 0 Å². The van der Waals surface area contributed by atoms with Crippen molar-refractivity contribution in [3.8, 4) is 0 Å². The van der Waals surface area contributed by atoms with E-state index in [1.54, 1.807) is 0 Å². The number of thioether (sulfide) groups is 1. The zero-order valence-corrected chi connectivity index (χ0v) is 12.5. The molecule has 1 N–H and O–H groups in total. The van der Waals surface area contributed by atoms with Gasteiger partial charge in [-0.25, -0.2) is 0 Å². The predicted octanol–water partition coefficient (Wildman–Crippen LogP) is 4.46. The smallest absolute Gasteiger partial charge is 0.0417 e. The maximum atomic E-state index is 5.93. The van der Waals surface area contributed by atoms with Crippen LogP contribution in [0.25, 0.3) is 0 Å². The van der Waals surface area contributed by atoms with Crippen LogP contribution in [-0.4, -0.2) is 18.8 Å². The van der Waals surface area contributed by atoms with E-state index >= 15 is 0 Å². The Morgan fingerprint density at radius 2 is 2.00 bits per heavy atom. The highest BCUT2D eigenvalue weighted by molar-refractivity contribution is 7.99. The summed E-state index contributed by atoms with van der Waals surface area (Å²) >= 11 is 7.77. The van der Waals surface area contributed by atoms with Crippen molar-refractivity contribution >= 4 is 23.4 Å². The molecule has 0 bridgehead atoms. The molecular formula is C14H22ClNS. The predicted molar refractivity (Wildman–Crippen MR) is 79.1 cm³/mol. The van der Waals surface area contributed by atoms with E-state index in [2.05, 4.69) is 32.2 Å². The zero-order valence-electron chi connectivity index (χ0n) is 10.9. The maximum Gasteiger partial charge on any atom is 0.0417 e. The van der Waals surface area contributed by atoms with Crippen molar-refractivity contribution in [1.29, 1.82) is 0 Å². The minimum atomic E-state index is 0.424. The van der Waals surface area contributed by atoms with Gasteiger partial charge in [0.05, 0.1) is 0 Å². The first-order chi connectivity index (χ1) is 7.97. The Kier molecular flexibility index (Phi) is 6.39. The van der Waals surface area contributed by atoms with Crippen molar-refractivity contribution in [3.05, 3.63) is 29.3 Å². The molecule has 1 rings (SSSR count). The molecule has 0 aliphatic rings. The molecule has 0 aliphatic carbocycles. The van der Waals surface area contributed by atoms with Gasteiger partial charge in [-0.2, -0.15) is 0 Å². The van der Waals surface area contributed by atoms with Crippen molar-refractivity contribution < 1.29 is 0 Å². The molecule has 0 spiro atoms. The van der Waals surface area contributed by atoms with E-state index in [0.717, 1.165) is 23.9 Å². The number of hydrogen-bond acceptors (Lipinski definition) is 2. The summed E-state index contributed by atoms with van der Waals surface area (Å²) < 4.78 is 0. The van der Waals surface area contributed by atoms with E-state index in [1.165, 1.54) is 11.3 Å². The molecule has 1 aromatic rings. The molecule has 0 atom stereocenters. The van der Waals surface area contributed by atoms with Crippen LogP contribution in [0.5, 0.6) is 0 Å². The van der Waals surface area contributed by atoms with Gasteiger partial charge in [-0.3, -0.25) is 0 Å². The van der Waals surface area contributed by atoms with Crippen molar-refractivity contribution in [2.24, 2.45) is 5.41 Å². The molecule has 1 nitrogen and oxygen atoms in total. The number of halogens is 1. The third-order valence-corrected chi connectivity index (χ3v) is 3.63. The molecule has 0 radical (unpaired) electrons. The van der Waals surface area contributed by atoms with E-state index < -0.39 is 0 Å². The normalized spacial score (nSPS) is 11.8. The minimum absolute atomic E-state index is 0.424. The van der Waals surface area contributed by atoms with E-state index in [1.807, 2.05) is 30.0 Å². The fourth-order valence-corrected chi connectivity index (χ4v) is 2.51. The average Bonchev–Trinajstić information content (AvgIpc) is 2.22. The first-order valence-corrected chi connectivity index (χ1v) is 7.43. The molecule has 0 heterocycles. The SMILES string of the molecule is CC(C)(C)CCNCCSc1cccc(Cl)c1. The maximum absolute atomic E-state index is 5.93. The summed E-state index contributed by atoms with van der Waals surface area (Å²) in [5.41, 5.74) is 0.424. The summed E-state index contributed by atoms with van der Waals surface area (Å²) in [6.45, 7) is 8.97. The fourth-order valence-electron chi connectivity index (χ4n) is 1.39. The van der Waals surface area contributed by atoms with Gasteiger partial charge in [0.15, 0.2) is 0 Å². The lowest BCUT2D eigenvalue weighted by Crippen LogP contribution is -2.22. The Hall–Kier alpha value is -0.180. The van der Waals surface area contributed by atoms with Crippen LogP contribution in [0.2, 0.25) is 5.02 Å². The number of nitrogens with one attached hydrogen (secondary N) is 1. The van der Waals surface area contributed by atoms with E-state index in [4.69, 9.17) is 11.6 Å². The van der Waals surface area contributed by atoms with Crippen LogP contribution in [0.1, 0.15) is 27.2 Å². The van der Waals surface area contributed by atoms with Gasteiger partial charge >= 0.3 is 0 Å². The lowest BCUT2D eigenvalue weighted by atomic mass is 9.92. The Labute approximate surface area is 114 Å². The van der Waals surface area contributed by atoms with Crippen LogP contribution in [0.4, 0.5) is 0 Å². The lowest BCUT2D eigenvalue weighted by Gasteiger charge is -2.17. The summed E-state index contributed by atoms with van der Waals surface area (Å²) in [5.74, 6) is 1.09. The number of rotatable bonds is 6. The largest absolute Gasteiger partial charge is 0.316 e. The second-order valence-electron chi connectivity index (χ2n) is 5.37. The van der Waals surface area contributed by atoms with E-state index in [9.17, 15) is 0 Å². The standard InChI is InChI=1S/C14H22ClNS/c1-14(2,3)7-8-16-9-10-17-13-6-4-5-12(15)11-13/h4-6,11,16H,7-10H2,1-3H3. The average molecular weight is 272 g/mol. The van der Waals surface area contributed by atoms with Gasteiger partial charge in [-0.05, 0) is 36.6 Å². The molecule has 3 heteroatoms. The van der Waals surface area contributed by atoms with Crippen LogP contribution < -0.4 is 5.32 Å². The quantitative estimate of drug-likeness (QED) is 0.606. The van der Waals surface area contributed by atoms with Crippen molar-refractivity contribution in [2.75, 3.05) is 18.8 Å². The van der Waals surface area contributed by atoms with Crippen LogP contribution in [0.15, 0.2) is 29.2 Å². The summed E-state index contributed by atoms with van der Waals surface area (Å²) in [5, 5.41) is 4.29. The third kappa shape index (κ3) is 7.69. The third-order valence-electron chi connectivity index (χ3n) is 2.40. The summed E-state index contributed by atoms with van der Waals surface area (Å²) in [6.07, 6.45) is 1.22. The molecular weight excluding hydrogens is 250 g/mol. The summed E-state index contributed by atoms with van der Waals surface area (Å²) in [7, 11) is 0. The molecule has 17 heavy (non-hydrogen) atoms. The van der Waals surface area contributed by atoms with Gasteiger partial charge in [0, 0.05) is 22.2 Å². The first-order valence-electron chi connectivity index (χ1n) is 6.06. The van der Waals surface area contributed by atoms with Crippen LogP contribution >= 0.6 is 23.4 Å². The molecule has 0 saturated heterocycles. The highest BCUT2D eigenvalue weighted by Gasteiger charge is 2.08. The summed E-state index contributed by atoms with van der Waals surface area (Å²) in [4.78, 5) is 1.25. The van der Waals surface area contributed by atoms with Crippen LogP contribution in [-0.2, 0) is 0 Å². The van der Waals surface area contributed by atoms with Gasteiger partial charge in [0.25, 0.3) is 0 Å². The Balaban J connectivity index is 2.09. The molecule has 0 unspecified atom stereocenters. The molecule has 1 aromatic carbocycles. The molecule has 96 valence electrons. The van der Waals surface area contributed by atoms with Crippen LogP contribution in [0, 0.1) is 5.41 Å². The molecule has 0 fully saturated rings. The molecule has 0 saturated carbocycles. The van der Waals surface area contributed by atoms with Gasteiger partial charge in [0.2, 0.25) is 0 Å². The molecule has 0 aliphatic heterocycles. The fraction of sp³-hybridized carbons (Fsp3) is 0.571. The topological polar surface area (TPSA) is 12.0 Å². The Bertz CT molecular complexity index is 333. The lowest BCUT2D eigenvalue weighted by molar-refractivity contribution is 0.369. The Morgan fingerprint density at radius 3 is 2.65 bits per heavy atom. The highest BCUT2D eigenvalue weighted by Crippen LogP contribution is 2.21. The molecule has 0 amide bonds. The highest BCUT2D eigenvalue weighted by atomic mass is 35.5. The van der Waals surface area contributed by atoms with Gasteiger partial charge in [-0.1, -0.05) is 38.4 Å². The second-order valence-corrected chi connectivity index (χ2v) is 6.97.